The Labute approximate surface area is 175 Å². The summed E-state index contributed by atoms with van der Waals surface area (Å²) in [6, 6.07) is 0. The number of thioether (sulfide) groups is 1. The molecule has 2 rings (SSSR count). The van der Waals surface area contributed by atoms with Gasteiger partial charge in [0.2, 0.25) is 0 Å². The first-order chi connectivity index (χ1) is 13.3. The first kappa shape index (κ1) is 22.1. The average Bonchev–Trinajstić information content (AvgIpc) is 2.97. The summed E-state index contributed by atoms with van der Waals surface area (Å²) in [7, 11) is 0. The molecule has 0 aliphatic rings. The van der Waals surface area contributed by atoms with Crippen LogP contribution >= 0.6 is 34.7 Å². The van der Waals surface area contributed by atoms with Crippen LogP contribution in [0.4, 0.5) is 5.00 Å². The number of Topliss-reactive ketones (excluding diaryl/α,β-unsaturated/α-hetero) is 1. The lowest BCUT2D eigenvalue weighted by Gasteiger charge is -2.08. The van der Waals surface area contributed by atoms with Gasteiger partial charge in [-0.3, -0.25) is 9.59 Å². The first-order valence-corrected chi connectivity index (χ1v) is 10.4. The molecule has 2 heterocycles. The molecule has 10 heteroatoms. The van der Waals surface area contributed by atoms with Crippen LogP contribution in [0.1, 0.15) is 49.9 Å². The maximum absolute atomic E-state index is 12.7. The van der Waals surface area contributed by atoms with Crippen LogP contribution in [0.25, 0.3) is 0 Å². The fourth-order valence-electron chi connectivity index (χ4n) is 2.26. The standard InChI is InChI=1S/C18H18ClN3O4S2/c1-5-7-27-18-20-8-11(19)13(21-18)15(24)22-16-12(17(25)26-6-2)9(3)14(28-16)10(4)23/h5,8H,1,6-7H2,2-4H3,(H,22,24). The zero-order valence-corrected chi connectivity index (χ0v) is 17.9. The maximum Gasteiger partial charge on any atom is 0.341 e. The summed E-state index contributed by atoms with van der Waals surface area (Å²) in [6.07, 6.45) is 3.02. The van der Waals surface area contributed by atoms with Crippen LogP contribution in [0.2, 0.25) is 5.02 Å². The molecule has 0 aromatic carbocycles. The van der Waals surface area contributed by atoms with Crippen LogP contribution < -0.4 is 5.32 Å². The highest BCUT2D eigenvalue weighted by Gasteiger charge is 2.26. The van der Waals surface area contributed by atoms with E-state index < -0.39 is 11.9 Å². The molecule has 0 atom stereocenters. The Balaban J connectivity index is 2.40. The number of amides is 1. The van der Waals surface area contributed by atoms with Gasteiger partial charge in [0, 0.05) is 5.75 Å². The number of hydrogen-bond acceptors (Lipinski definition) is 8. The van der Waals surface area contributed by atoms with Crippen LogP contribution in [0.5, 0.6) is 0 Å². The number of aromatic nitrogens is 2. The van der Waals surface area contributed by atoms with Crippen LogP contribution in [0.3, 0.4) is 0 Å². The molecule has 0 aliphatic heterocycles. The normalized spacial score (nSPS) is 10.4. The van der Waals surface area contributed by atoms with Crippen molar-refractivity contribution < 1.29 is 19.1 Å². The van der Waals surface area contributed by atoms with Gasteiger partial charge in [0.25, 0.3) is 5.91 Å². The third-order valence-corrected chi connectivity index (χ3v) is 5.88. The molecular formula is C18H18ClN3O4S2. The minimum absolute atomic E-state index is 0.0338. The summed E-state index contributed by atoms with van der Waals surface area (Å²) in [4.78, 5) is 45.5. The second-order valence-electron chi connectivity index (χ2n) is 5.44. The Kier molecular flexibility index (Phi) is 7.73. The molecule has 148 valence electrons. The van der Waals surface area contributed by atoms with E-state index in [9.17, 15) is 14.4 Å². The van der Waals surface area contributed by atoms with Crippen molar-refractivity contribution in [2.24, 2.45) is 0 Å². The molecule has 0 saturated heterocycles. The topological polar surface area (TPSA) is 98.2 Å². The van der Waals surface area contributed by atoms with E-state index >= 15 is 0 Å². The SMILES string of the molecule is C=CCSc1ncc(Cl)c(C(=O)Nc2sc(C(C)=O)c(C)c2C(=O)OCC)n1. The van der Waals surface area contributed by atoms with E-state index in [0.717, 1.165) is 11.3 Å². The number of hydrogen-bond donors (Lipinski definition) is 1. The van der Waals surface area contributed by atoms with Crippen LogP contribution in [0, 0.1) is 6.92 Å². The van der Waals surface area contributed by atoms with E-state index in [1.165, 1.54) is 24.9 Å². The maximum atomic E-state index is 12.7. The van der Waals surface area contributed by atoms with Gasteiger partial charge < -0.3 is 10.1 Å². The number of carbonyl (C=O) groups is 3. The zero-order chi connectivity index (χ0) is 20.8. The molecule has 7 nitrogen and oxygen atoms in total. The predicted octanol–water partition coefficient (Wildman–Crippen LogP) is 4.41. The van der Waals surface area contributed by atoms with Crippen LogP contribution in [0.15, 0.2) is 24.0 Å². The van der Waals surface area contributed by atoms with Gasteiger partial charge in [-0.1, -0.05) is 29.4 Å². The number of halogens is 1. The quantitative estimate of drug-likeness (QED) is 0.214. The van der Waals surface area contributed by atoms with E-state index in [1.54, 1.807) is 19.9 Å². The number of anilines is 1. The zero-order valence-electron chi connectivity index (χ0n) is 15.5. The van der Waals surface area contributed by atoms with Crippen molar-refractivity contribution >= 4 is 57.4 Å². The monoisotopic (exact) mass is 439 g/mol. The second-order valence-corrected chi connectivity index (χ2v) is 7.85. The van der Waals surface area contributed by atoms with Crippen molar-refractivity contribution in [3.8, 4) is 0 Å². The van der Waals surface area contributed by atoms with E-state index in [2.05, 4.69) is 21.9 Å². The predicted molar refractivity (Wildman–Crippen MR) is 111 cm³/mol. The highest BCUT2D eigenvalue weighted by atomic mass is 35.5. The van der Waals surface area contributed by atoms with Gasteiger partial charge in [-0.25, -0.2) is 14.8 Å². The van der Waals surface area contributed by atoms with Gasteiger partial charge in [0.05, 0.1) is 28.3 Å². The minimum Gasteiger partial charge on any atom is -0.462 e. The third-order valence-electron chi connectivity index (χ3n) is 3.44. The number of esters is 1. The van der Waals surface area contributed by atoms with Crippen molar-refractivity contribution in [1.29, 1.82) is 0 Å². The Bertz CT molecular complexity index is 943. The van der Waals surface area contributed by atoms with Crippen molar-refractivity contribution in [1.82, 2.24) is 9.97 Å². The molecule has 0 radical (unpaired) electrons. The lowest BCUT2D eigenvalue weighted by atomic mass is 10.1. The molecule has 0 saturated carbocycles. The van der Waals surface area contributed by atoms with Crippen LogP contribution in [-0.4, -0.2) is 40.0 Å². The lowest BCUT2D eigenvalue weighted by molar-refractivity contribution is 0.0527. The second kappa shape index (κ2) is 9.81. The molecule has 0 spiro atoms. The number of nitrogens with one attached hydrogen (secondary N) is 1. The highest BCUT2D eigenvalue weighted by Crippen LogP contribution is 2.34. The molecule has 1 amide bonds. The van der Waals surface area contributed by atoms with E-state index in [0.29, 0.717) is 21.3 Å². The lowest BCUT2D eigenvalue weighted by Crippen LogP contribution is -2.17. The molecular weight excluding hydrogens is 422 g/mol. The van der Waals surface area contributed by atoms with Crippen LogP contribution in [-0.2, 0) is 4.74 Å². The van der Waals surface area contributed by atoms with Gasteiger partial charge in [-0.15, -0.1) is 17.9 Å². The fraction of sp³-hybridized carbons (Fsp3) is 0.278. The molecule has 28 heavy (non-hydrogen) atoms. The van der Waals surface area contributed by atoms with Crippen molar-refractivity contribution in [2.75, 3.05) is 17.7 Å². The summed E-state index contributed by atoms with van der Waals surface area (Å²) >= 11 is 8.38. The largest absolute Gasteiger partial charge is 0.462 e. The van der Waals surface area contributed by atoms with Crippen molar-refractivity contribution in [3.63, 3.8) is 0 Å². The Morgan fingerprint density at radius 1 is 1.43 bits per heavy atom. The smallest absolute Gasteiger partial charge is 0.341 e. The Hall–Kier alpha value is -2.23. The first-order valence-electron chi connectivity index (χ1n) is 8.19. The molecule has 0 bridgehead atoms. The van der Waals surface area contributed by atoms with E-state index in [1.807, 2.05) is 0 Å². The molecule has 0 fully saturated rings. The number of ether oxygens (including phenoxy) is 1. The molecule has 1 N–H and O–H groups in total. The number of nitrogens with zero attached hydrogens (tertiary/aromatic N) is 2. The fourth-order valence-corrected chi connectivity index (χ4v) is 4.07. The minimum atomic E-state index is -0.616. The number of rotatable bonds is 8. The molecule has 0 aliphatic carbocycles. The van der Waals surface area contributed by atoms with Gasteiger partial charge in [0.15, 0.2) is 16.6 Å². The summed E-state index contributed by atoms with van der Waals surface area (Å²) in [5.74, 6) is -0.872. The average molecular weight is 440 g/mol. The van der Waals surface area contributed by atoms with Gasteiger partial charge in [0.1, 0.15) is 5.00 Å². The Morgan fingerprint density at radius 3 is 2.75 bits per heavy atom. The molecule has 2 aromatic heterocycles. The molecule has 0 unspecified atom stereocenters. The van der Waals surface area contributed by atoms with Crippen molar-refractivity contribution in [3.05, 3.63) is 45.6 Å². The van der Waals surface area contributed by atoms with Crippen molar-refractivity contribution in [2.45, 2.75) is 25.9 Å². The number of thiophene rings is 1. The van der Waals surface area contributed by atoms with E-state index in [4.69, 9.17) is 16.3 Å². The number of carbonyl (C=O) groups excluding carboxylic acids is 3. The summed E-state index contributed by atoms with van der Waals surface area (Å²) < 4.78 is 5.06. The van der Waals surface area contributed by atoms with Gasteiger partial charge >= 0.3 is 5.97 Å². The summed E-state index contributed by atoms with van der Waals surface area (Å²) in [6.45, 7) is 8.49. The van der Waals surface area contributed by atoms with Gasteiger partial charge in [-0.2, -0.15) is 0 Å². The summed E-state index contributed by atoms with van der Waals surface area (Å²) in [5.41, 5.74) is 0.576. The third kappa shape index (κ3) is 4.98. The van der Waals surface area contributed by atoms with E-state index in [-0.39, 0.29) is 33.7 Å². The van der Waals surface area contributed by atoms with Gasteiger partial charge in [-0.05, 0) is 26.3 Å². The highest BCUT2D eigenvalue weighted by molar-refractivity contribution is 7.99. The number of ketones is 1. The summed E-state index contributed by atoms with van der Waals surface area (Å²) in [5, 5.41) is 3.27. The Morgan fingerprint density at radius 2 is 2.14 bits per heavy atom. The molecule has 2 aromatic rings.